The predicted molar refractivity (Wildman–Crippen MR) is 72.1 cm³/mol. The monoisotopic (exact) mass is 347 g/mol. The van der Waals surface area contributed by atoms with Crippen LogP contribution < -0.4 is 5.32 Å². The van der Waals surface area contributed by atoms with Crippen LogP contribution in [0.5, 0.6) is 0 Å². The van der Waals surface area contributed by atoms with Gasteiger partial charge in [-0.05, 0) is 49.3 Å². The molecule has 2 nitrogen and oxygen atoms in total. The highest BCUT2D eigenvalue weighted by molar-refractivity contribution is 9.10. The lowest BCUT2D eigenvalue weighted by Gasteiger charge is -2.15. The summed E-state index contributed by atoms with van der Waals surface area (Å²) in [6.07, 6.45) is -1.48. The van der Waals surface area contributed by atoms with Crippen LogP contribution in [0.2, 0.25) is 0 Å². The molecule has 2 atom stereocenters. The van der Waals surface area contributed by atoms with Gasteiger partial charge in [-0.15, -0.1) is 0 Å². The van der Waals surface area contributed by atoms with E-state index in [1.165, 1.54) is 18.6 Å². The first kappa shape index (κ1) is 13.9. The fourth-order valence-corrected chi connectivity index (χ4v) is 3.46. The van der Waals surface area contributed by atoms with Crippen LogP contribution >= 0.6 is 15.9 Å². The third kappa shape index (κ3) is 2.71. The van der Waals surface area contributed by atoms with E-state index in [0.29, 0.717) is 11.8 Å². The molecule has 2 aliphatic rings. The molecule has 0 spiro atoms. The number of fused-ring (bicyclic) bond motifs is 1. The van der Waals surface area contributed by atoms with E-state index in [-0.39, 0.29) is 22.0 Å². The first-order valence-electron chi connectivity index (χ1n) is 6.52. The summed E-state index contributed by atoms with van der Waals surface area (Å²) in [6.45, 7) is 0. The number of anilines is 1. The van der Waals surface area contributed by atoms with Crippen LogP contribution in [0.25, 0.3) is 0 Å². The van der Waals surface area contributed by atoms with Crippen LogP contribution in [0.15, 0.2) is 22.7 Å². The topological polar surface area (TPSA) is 29.1 Å². The molecule has 3 rings (SSSR count). The van der Waals surface area contributed by atoms with E-state index < -0.39 is 11.7 Å². The quantitative estimate of drug-likeness (QED) is 0.841. The lowest BCUT2D eigenvalue weighted by atomic mass is 10.0. The van der Waals surface area contributed by atoms with Gasteiger partial charge in [0.25, 0.3) is 0 Å². The highest BCUT2D eigenvalue weighted by Gasteiger charge is 2.48. The van der Waals surface area contributed by atoms with Gasteiger partial charge in [0.05, 0.1) is 5.56 Å². The number of alkyl halides is 3. The first-order chi connectivity index (χ1) is 9.34. The normalized spacial score (nSPS) is 28.1. The van der Waals surface area contributed by atoms with E-state index in [1.807, 2.05) is 0 Å². The first-order valence-corrected chi connectivity index (χ1v) is 7.31. The van der Waals surface area contributed by atoms with Gasteiger partial charge < -0.3 is 5.32 Å². The molecule has 0 aromatic heterocycles. The van der Waals surface area contributed by atoms with Crippen LogP contribution in [0.3, 0.4) is 0 Å². The second kappa shape index (κ2) is 4.76. The summed E-state index contributed by atoms with van der Waals surface area (Å²) in [5.41, 5.74) is -0.573. The number of carbonyl (C=O) groups is 1. The maximum atomic E-state index is 12.8. The van der Waals surface area contributed by atoms with E-state index >= 15 is 0 Å². The fraction of sp³-hybridized carbons (Fsp3) is 0.500. The molecule has 20 heavy (non-hydrogen) atoms. The molecule has 2 aliphatic carbocycles. The molecule has 2 saturated carbocycles. The summed E-state index contributed by atoms with van der Waals surface area (Å²) >= 11 is 2.88. The Bertz CT molecular complexity index is 548. The standard InChI is InChI=1S/C14H13BrF3NO/c15-12-2-1-10(6-11(12)14(16,17)18)19-13(20)9-4-7-3-8(7)5-9/h1-2,6-9H,3-5H2,(H,19,20). The molecule has 0 heterocycles. The molecule has 2 unspecified atom stereocenters. The maximum absolute atomic E-state index is 12.8. The molecule has 1 aromatic carbocycles. The molecule has 0 radical (unpaired) electrons. The predicted octanol–water partition coefficient (Wildman–Crippen LogP) is 4.45. The van der Waals surface area contributed by atoms with Crippen molar-refractivity contribution in [2.24, 2.45) is 17.8 Å². The summed E-state index contributed by atoms with van der Waals surface area (Å²) in [5.74, 6) is 1.13. The average molecular weight is 348 g/mol. The van der Waals surface area contributed by atoms with Crippen molar-refractivity contribution in [3.8, 4) is 0 Å². The minimum atomic E-state index is -4.44. The summed E-state index contributed by atoms with van der Waals surface area (Å²) in [5, 5.41) is 2.60. The van der Waals surface area contributed by atoms with Gasteiger partial charge in [-0.3, -0.25) is 4.79 Å². The van der Waals surface area contributed by atoms with E-state index in [1.54, 1.807) is 0 Å². The number of rotatable bonds is 2. The summed E-state index contributed by atoms with van der Waals surface area (Å²) < 4.78 is 38.3. The Kier molecular flexibility index (Phi) is 3.31. The molecular formula is C14H13BrF3NO. The van der Waals surface area contributed by atoms with E-state index in [2.05, 4.69) is 21.2 Å². The Morgan fingerprint density at radius 1 is 1.20 bits per heavy atom. The molecule has 1 aromatic rings. The number of nitrogens with one attached hydrogen (secondary N) is 1. The number of benzene rings is 1. The van der Waals surface area contributed by atoms with E-state index in [4.69, 9.17) is 0 Å². The van der Waals surface area contributed by atoms with Gasteiger partial charge in [0, 0.05) is 16.1 Å². The van der Waals surface area contributed by atoms with Gasteiger partial charge in [0.1, 0.15) is 0 Å². The summed E-state index contributed by atoms with van der Waals surface area (Å²) in [7, 11) is 0. The highest BCUT2D eigenvalue weighted by Crippen LogP contribution is 2.54. The summed E-state index contributed by atoms with van der Waals surface area (Å²) in [6, 6.07) is 3.76. The minimum absolute atomic E-state index is 0.0230. The lowest BCUT2D eigenvalue weighted by molar-refractivity contribution is -0.138. The van der Waals surface area contributed by atoms with Crippen LogP contribution in [0.1, 0.15) is 24.8 Å². The molecular weight excluding hydrogens is 335 g/mol. The number of hydrogen-bond donors (Lipinski definition) is 1. The molecule has 108 valence electrons. The van der Waals surface area contributed by atoms with Gasteiger partial charge in [-0.1, -0.05) is 15.9 Å². The Balaban J connectivity index is 1.72. The molecule has 6 heteroatoms. The summed E-state index contributed by atoms with van der Waals surface area (Å²) in [4.78, 5) is 12.0. The SMILES string of the molecule is O=C(Nc1ccc(Br)c(C(F)(F)F)c1)C1CC2CC2C1. The van der Waals surface area contributed by atoms with Crippen LogP contribution in [0, 0.1) is 17.8 Å². The molecule has 0 bridgehead atoms. The number of carbonyl (C=O) groups excluding carboxylic acids is 1. The minimum Gasteiger partial charge on any atom is -0.326 e. The highest BCUT2D eigenvalue weighted by atomic mass is 79.9. The second-order valence-corrected chi connectivity index (χ2v) is 6.46. The molecule has 1 amide bonds. The van der Waals surface area contributed by atoms with Crippen molar-refractivity contribution in [2.75, 3.05) is 5.32 Å². The maximum Gasteiger partial charge on any atom is 0.417 e. The van der Waals surface area contributed by atoms with Gasteiger partial charge in [-0.25, -0.2) is 0 Å². The van der Waals surface area contributed by atoms with Crippen molar-refractivity contribution in [2.45, 2.75) is 25.4 Å². The van der Waals surface area contributed by atoms with Gasteiger partial charge in [0.2, 0.25) is 5.91 Å². The van der Waals surface area contributed by atoms with Crippen molar-refractivity contribution in [1.29, 1.82) is 0 Å². The third-order valence-corrected chi connectivity index (χ3v) is 4.85. The fourth-order valence-electron chi connectivity index (χ4n) is 2.99. The Morgan fingerprint density at radius 2 is 1.85 bits per heavy atom. The van der Waals surface area contributed by atoms with Crippen molar-refractivity contribution in [1.82, 2.24) is 0 Å². The van der Waals surface area contributed by atoms with Gasteiger partial charge >= 0.3 is 6.18 Å². The van der Waals surface area contributed by atoms with Gasteiger partial charge in [0.15, 0.2) is 0 Å². The lowest BCUT2D eigenvalue weighted by Crippen LogP contribution is -2.22. The zero-order valence-electron chi connectivity index (χ0n) is 10.5. The molecule has 1 N–H and O–H groups in total. The molecule has 0 saturated heterocycles. The van der Waals surface area contributed by atoms with Crippen molar-refractivity contribution >= 4 is 27.5 Å². The second-order valence-electron chi connectivity index (χ2n) is 5.61. The number of halogens is 4. The van der Waals surface area contributed by atoms with Crippen LogP contribution in [0.4, 0.5) is 18.9 Å². The third-order valence-electron chi connectivity index (χ3n) is 4.15. The zero-order valence-corrected chi connectivity index (χ0v) is 12.1. The molecule has 2 fully saturated rings. The van der Waals surface area contributed by atoms with Crippen molar-refractivity contribution in [3.63, 3.8) is 0 Å². The van der Waals surface area contributed by atoms with E-state index in [0.717, 1.165) is 18.9 Å². The largest absolute Gasteiger partial charge is 0.417 e. The van der Waals surface area contributed by atoms with E-state index in [9.17, 15) is 18.0 Å². The molecule has 0 aliphatic heterocycles. The Labute approximate surface area is 122 Å². The van der Waals surface area contributed by atoms with Crippen LogP contribution in [-0.2, 0) is 11.0 Å². The van der Waals surface area contributed by atoms with Crippen LogP contribution in [-0.4, -0.2) is 5.91 Å². The number of amides is 1. The van der Waals surface area contributed by atoms with Crippen molar-refractivity contribution < 1.29 is 18.0 Å². The van der Waals surface area contributed by atoms with Crippen molar-refractivity contribution in [3.05, 3.63) is 28.2 Å². The number of hydrogen-bond acceptors (Lipinski definition) is 1. The zero-order chi connectivity index (χ0) is 14.5. The smallest absolute Gasteiger partial charge is 0.326 e. The van der Waals surface area contributed by atoms with Gasteiger partial charge in [-0.2, -0.15) is 13.2 Å². The Morgan fingerprint density at radius 3 is 2.45 bits per heavy atom. The Hall–Kier alpha value is -1.04. The average Bonchev–Trinajstić information content (AvgIpc) is 2.97.